The highest BCUT2D eigenvalue weighted by Crippen LogP contribution is 2.25. The van der Waals surface area contributed by atoms with Crippen molar-refractivity contribution in [2.45, 2.75) is 10.8 Å². The van der Waals surface area contributed by atoms with Crippen molar-refractivity contribution in [2.24, 2.45) is 0 Å². The smallest absolute Gasteiger partial charge is 0.313 e. The lowest BCUT2D eigenvalue weighted by atomic mass is 10.3. The summed E-state index contributed by atoms with van der Waals surface area (Å²) in [6.07, 6.45) is 0.953. The number of hydrogen-bond acceptors (Lipinski definition) is 7. The van der Waals surface area contributed by atoms with E-state index < -0.39 is 5.97 Å². The number of aliphatic carboxylic acids is 1. The van der Waals surface area contributed by atoms with Crippen LogP contribution >= 0.6 is 34.4 Å². The molecule has 0 aromatic carbocycles. The van der Waals surface area contributed by atoms with Gasteiger partial charge in [-0.2, -0.15) is 0 Å². The molecule has 0 saturated heterocycles. The van der Waals surface area contributed by atoms with Gasteiger partial charge < -0.3 is 10.4 Å². The number of rotatable bonds is 7. The molecule has 0 amide bonds. The van der Waals surface area contributed by atoms with Gasteiger partial charge in [0, 0.05) is 11.4 Å². The first-order valence-corrected chi connectivity index (χ1v) is 7.86. The van der Waals surface area contributed by atoms with E-state index in [1.807, 2.05) is 6.07 Å². The second kappa shape index (κ2) is 6.72. The minimum Gasteiger partial charge on any atom is -0.481 e. The number of nitrogens with zero attached hydrogens (tertiary/aromatic N) is 2. The second-order valence-electron chi connectivity index (χ2n) is 3.31. The monoisotopic (exact) mass is 301 g/mol. The number of carbonyl (C=O) groups is 1. The van der Waals surface area contributed by atoms with Gasteiger partial charge in [0.2, 0.25) is 5.13 Å². The third-order valence-electron chi connectivity index (χ3n) is 1.95. The summed E-state index contributed by atoms with van der Waals surface area (Å²) in [6, 6.07) is 4.13. The van der Waals surface area contributed by atoms with Gasteiger partial charge in [0.05, 0.1) is 5.75 Å². The standard InChI is InChI=1S/C10H11N3O2S3/c14-8(15)6-17-10-13-12-9(18-10)11-4-3-7-2-1-5-16-7/h1-2,5H,3-4,6H2,(H,11,12)(H,14,15). The molecule has 2 aromatic heterocycles. The SMILES string of the molecule is O=C(O)CSc1nnc(NCCc2cccs2)s1. The Hall–Kier alpha value is -1.12. The maximum atomic E-state index is 10.4. The van der Waals surface area contributed by atoms with Gasteiger partial charge in [-0.25, -0.2) is 0 Å². The minimum atomic E-state index is -0.845. The molecule has 0 atom stereocenters. The van der Waals surface area contributed by atoms with E-state index in [1.165, 1.54) is 28.0 Å². The van der Waals surface area contributed by atoms with Crippen LogP contribution < -0.4 is 5.32 Å². The Morgan fingerprint density at radius 1 is 1.50 bits per heavy atom. The molecule has 0 bridgehead atoms. The fraction of sp³-hybridized carbons (Fsp3) is 0.300. The summed E-state index contributed by atoms with van der Waals surface area (Å²) in [5, 5.41) is 22.4. The highest BCUT2D eigenvalue weighted by Gasteiger charge is 2.06. The van der Waals surface area contributed by atoms with Gasteiger partial charge in [-0.15, -0.1) is 21.5 Å². The summed E-state index contributed by atoms with van der Waals surface area (Å²) in [5.41, 5.74) is 0. The molecule has 0 aliphatic carbocycles. The molecular weight excluding hydrogens is 290 g/mol. The lowest BCUT2D eigenvalue weighted by Crippen LogP contribution is -2.03. The van der Waals surface area contributed by atoms with Crippen molar-refractivity contribution in [3.8, 4) is 0 Å². The number of carboxylic acids is 1. The van der Waals surface area contributed by atoms with E-state index in [0.29, 0.717) is 4.34 Å². The molecular formula is C10H11N3O2S3. The van der Waals surface area contributed by atoms with Crippen LogP contribution in [-0.2, 0) is 11.2 Å². The number of anilines is 1. The lowest BCUT2D eigenvalue weighted by molar-refractivity contribution is -0.133. The van der Waals surface area contributed by atoms with Gasteiger partial charge in [0.15, 0.2) is 4.34 Å². The zero-order chi connectivity index (χ0) is 12.8. The molecule has 0 fully saturated rings. The zero-order valence-corrected chi connectivity index (χ0v) is 11.8. The van der Waals surface area contributed by atoms with E-state index in [4.69, 9.17) is 5.11 Å². The second-order valence-corrected chi connectivity index (χ2v) is 6.54. The molecule has 0 unspecified atom stereocenters. The Bertz CT molecular complexity index is 498. The molecule has 0 radical (unpaired) electrons. The van der Waals surface area contributed by atoms with Gasteiger partial charge in [0.25, 0.3) is 0 Å². The van der Waals surface area contributed by atoms with Crippen molar-refractivity contribution in [2.75, 3.05) is 17.6 Å². The van der Waals surface area contributed by atoms with Crippen LogP contribution in [0.4, 0.5) is 5.13 Å². The maximum Gasteiger partial charge on any atom is 0.313 e. The van der Waals surface area contributed by atoms with Crippen LogP contribution in [0.15, 0.2) is 21.9 Å². The Kier molecular flexibility index (Phi) is 4.97. The van der Waals surface area contributed by atoms with E-state index in [9.17, 15) is 4.79 Å². The normalized spacial score (nSPS) is 10.4. The van der Waals surface area contributed by atoms with Gasteiger partial charge in [0.1, 0.15) is 0 Å². The summed E-state index contributed by atoms with van der Waals surface area (Å²) in [4.78, 5) is 11.7. The van der Waals surface area contributed by atoms with Gasteiger partial charge in [-0.3, -0.25) is 4.79 Å². The predicted octanol–water partition coefficient (Wildman–Crippen LogP) is 2.43. The van der Waals surface area contributed by atoms with Crippen LogP contribution in [0.1, 0.15) is 4.88 Å². The van der Waals surface area contributed by atoms with E-state index in [1.54, 1.807) is 11.3 Å². The Balaban J connectivity index is 1.74. The number of aromatic nitrogens is 2. The first-order chi connectivity index (χ1) is 8.74. The molecule has 2 heterocycles. The maximum absolute atomic E-state index is 10.4. The first kappa shape index (κ1) is 13.3. The van der Waals surface area contributed by atoms with Crippen LogP contribution in [0.2, 0.25) is 0 Å². The van der Waals surface area contributed by atoms with Gasteiger partial charge >= 0.3 is 5.97 Å². The number of hydrogen-bond donors (Lipinski definition) is 2. The Morgan fingerprint density at radius 2 is 2.39 bits per heavy atom. The van der Waals surface area contributed by atoms with Crippen molar-refractivity contribution in [1.82, 2.24) is 10.2 Å². The van der Waals surface area contributed by atoms with Crippen molar-refractivity contribution in [1.29, 1.82) is 0 Å². The Labute approximate surface area is 116 Å². The minimum absolute atomic E-state index is 0.0177. The summed E-state index contributed by atoms with van der Waals surface area (Å²) in [7, 11) is 0. The average molecular weight is 301 g/mol. The summed E-state index contributed by atoms with van der Waals surface area (Å²) in [5.74, 6) is -0.827. The third kappa shape index (κ3) is 4.28. The van der Waals surface area contributed by atoms with Crippen molar-refractivity contribution in [3.05, 3.63) is 22.4 Å². The summed E-state index contributed by atoms with van der Waals surface area (Å²) >= 11 is 4.30. The fourth-order valence-corrected chi connectivity index (χ4v) is 3.42. The number of nitrogens with one attached hydrogen (secondary N) is 1. The van der Waals surface area contributed by atoms with Crippen molar-refractivity contribution < 1.29 is 9.90 Å². The third-order valence-corrected chi connectivity index (χ3v) is 4.89. The van der Waals surface area contributed by atoms with E-state index in [-0.39, 0.29) is 5.75 Å². The fourth-order valence-electron chi connectivity index (χ4n) is 1.21. The first-order valence-electron chi connectivity index (χ1n) is 5.18. The van der Waals surface area contributed by atoms with Gasteiger partial charge in [-0.1, -0.05) is 29.2 Å². The average Bonchev–Trinajstić information content (AvgIpc) is 2.97. The molecule has 0 aliphatic heterocycles. The largest absolute Gasteiger partial charge is 0.481 e. The van der Waals surface area contributed by atoms with E-state index in [2.05, 4.69) is 27.0 Å². The number of thiophene rings is 1. The molecule has 2 rings (SSSR count). The number of carboxylic acid groups (broad SMARTS) is 1. The van der Waals surface area contributed by atoms with E-state index in [0.717, 1.165) is 18.1 Å². The van der Waals surface area contributed by atoms with Crippen LogP contribution in [0.5, 0.6) is 0 Å². The topological polar surface area (TPSA) is 75.1 Å². The molecule has 8 heteroatoms. The molecule has 2 N–H and O–H groups in total. The summed E-state index contributed by atoms with van der Waals surface area (Å²) < 4.78 is 0.677. The molecule has 5 nitrogen and oxygen atoms in total. The quantitative estimate of drug-likeness (QED) is 0.765. The molecule has 2 aromatic rings. The lowest BCUT2D eigenvalue weighted by Gasteiger charge is -1.98. The van der Waals surface area contributed by atoms with Crippen molar-refractivity contribution >= 4 is 45.5 Å². The van der Waals surface area contributed by atoms with Crippen LogP contribution in [0.3, 0.4) is 0 Å². The molecule has 0 aliphatic rings. The molecule has 0 spiro atoms. The molecule has 96 valence electrons. The van der Waals surface area contributed by atoms with Crippen LogP contribution in [0.25, 0.3) is 0 Å². The Morgan fingerprint density at radius 3 is 3.11 bits per heavy atom. The molecule has 0 saturated carbocycles. The highest BCUT2D eigenvalue weighted by atomic mass is 32.2. The van der Waals surface area contributed by atoms with Crippen LogP contribution in [-0.4, -0.2) is 33.6 Å². The van der Waals surface area contributed by atoms with Crippen molar-refractivity contribution in [3.63, 3.8) is 0 Å². The number of thioether (sulfide) groups is 1. The molecule has 18 heavy (non-hydrogen) atoms. The highest BCUT2D eigenvalue weighted by molar-refractivity contribution is 8.01. The predicted molar refractivity (Wildman–Crippen MR) is 74.8 cm³/mol. The summed E-state index contributed by atoms with van der Waals surface area (Å²) in [6.45, 7) is 0.804. The zero-order valence-electron chi connectivity index (χ0n) is 9.33. The van der Waals surface area contributed by atoms with E-state index >= 15 is 0 Å². The van der Waals surface area contributed by atoms with Crippen LogP contribution in [0, 0.1) is 0 Å². The van der Waals surface area contributed by atoms with Gasteiger partial charge in [-0.05, 0) is 17.9 Å².